The number of carbonyl (C=O) groups is 1. The van der Waals surface area contributed by atoms with Gasteiger partial charge in [-0.05, 0) is 42.8 Å². The normalized spacial score (nSPS) is 11.8. The van der Waals surface area contributed by atoms with Gasteiger partial charge in [0.2, 0.25) is 0 Å². The van der Waals surface area contributed by atoms with Gasteiger partial charge in [-0.3, -0.25) is 4.79 Å². The van der Waals surface area contributed by atoms with E-state index in [0.717, 1.165) is 17.7 Å². The van der Waals surface area contributed by atoms with Gasteiger partial charge in [-0.2, -0.15) is 5.10 Å². The van der Waals surface area contributed by atoms with Gasteiger partial charge < -0.3 is 10.1 Å². The second-order valence-corrected chi connectivity index (χ2v) is 5.53. The summed E-state index contributed by atoms with van der Waals surface area (Å²) in [4.78, 5) is 16.4. The molecular formula is C18H16F2N4O2. The first-order valence-corrected chi connectivity index (χ1v) is 7.87. The minimum atomic E-state index is -1.03. The van der Waals surface area contributed by atoms with Crippen molar-refractivity contribution in [3.8, 4) is 11.6 Å². The van der Waals surface area contributed by atoms with E-state index >= 15 is 0 Å². The predicted molar refractivity (Wildman–Crippen MR) is 89.7 cm³/mol. The molecule has 0 spiro atoms. The summed E-state index contributed by atoms with van der Waals surface area (Å²) >= 11 is 0. The van der Waals surface area contributed by atoms with E-state index in [4.69, 9.17) is 4.74 Å². The molecule has 1 atom stereocenters. The highest BCUT2D eigenvalue weighted by Gasteiger charge is 2.15. The molecule has 0 aliphatic rings. The standard InChI is InChI=1S/C18H16F2N4O2/c1-12(26-14-3-4-15(19)16(20)10-14)18(25)22-11-13-5-7-21-17(9-13)24-8-2-6-23-24/h2-10,12H,11H2,1H3,(H,22,25). The number of halogens is 2. The zero-order valence-corrected chi connectivity index (χ0v) is 13.9. The lowest BCUT2D eigenvalue weighted by Gasteiger charge is -2.15. The zero-order valence-electron chi connectivity index (χ0n) is 13.9. The maximum absolute atomic E-state index is 13.2. The lowest BCUT2D eigenvalue weighted by atomic mass is 10.2. The van der Waals surface area contributed by atoms with Gasteiger partial charge in [0.05, 0.1) is 0 Å². The third-order valence-electron chi connectivity index (χ3n) is 3.59. The van der Waals surface area contributed by atoms with Crippen molar-refractivity contribution < 1.29 is 18.3 Å². The van der Waals surface area contributed by atoms with Crippen molar-refractivity contribution in [3.05, 3.63) is 72.2 Å². The van der Waals surface area contributed by atoms with Gasteiger partial charge in [0.15, 0.2) is 23.6 Å². The maximum Gasteiger partial charge on any atom is 0.261 e. The molecule has 0 saturated carbocycles. The van der Waals surface area contributed by atoms with E-state index in [1.165, 1.54) is 13.0 Å². The fourth-order valence-corrected chi connectivity index (χ4v) is 2.24. The smallest absolute Gasteiger partial charge is 0.261 e. The molecule has 6 nitrogen and oxygen atoms in total. The number of pyridine rings is 1. The van der Waals surface area contributed by atoms with Crippen molar-refractivity contribution in [3.63, 3.8) is 0 Å². The molecule has 134 valence electrons. The molecule has 0 radical (unpaired) electrons. The van der Waals surface area contributed by atoms with Gasteiger partial charge in [0.25, 0.3) is 5.91 Å². The Morgan fingerprint density at radius 3 is 2.81 bits per heavy atom. The van der Waals surface area contributed by atoms with Gasteiger partial charge in [0, 0.05) is 31.2 Å². The SMILES string of the molecule is CC(Oc1ccc(F)c(F)c1)C(=O)NCc1ccnc(-n2cccn2)c1. The highest BCUT2D eigenvalue weighted by Crippen LogP contribution is 2.17. The Morgan fingerprint density at radius 1 is 1.23 bits per heavy atom. The number of benzene rings is 1. The first kappa shape index (κ1) is 17.5. The van der Waals surface area contributed by atoms with Crippen LogP contribution in [0.1, 0.15) is 12.5 Å². The quantitative estimate of drug-likeness (QED) is 0.735. The van der Waals surface area contributed by atoms with E-state index in [0.29, 0.717) is 5.82 Å². The average molecular weight is 358 g/mol. The van der Waals surface area contributed by atoms with Crippen LogP contribution >= 0.6 is 0 Å². The summed E-state index contributed by atoms with van der Waals surface area (Å²) in [7, 11) is 0. The molecule has 0 saturated heterocycles. The number of nitrogens with one attached hydrogen (secondary N) is 1. The molecular weight excluding hydrogens is 342 g/mol. The van der Waals surface area contributed by atoms with Crippen LogP contribution in [0.2, 0.25) is 0 Å². The number of aromatic nitrogens is 3. The van der Waals surface area contributed by atoms with Crippen LogP contribution in [0.25, 0.3) is 5.82 Å². The van der Waals surface area contributed by atoms with E-state index < -0.39 is 17.7 Å². The number of hydrogen-bond acceptors (Lipinski definition) is 4. The van der Waals surface area contributed by atoms with Crippen LogP contribution < -0.4 is 10.1 Å². The lowest BCUT2D eigenvalue weighted by Crippen LogP contribution is -2.35. The van der Waals surface area contributed by atoms with Gasteiger partial charge in [-0.25, -0.2) is 18.4 Å². The molecule has 3 rings (SSSR count). The topological polar surface area (TPSA) is 69.0 Å². The fraction of sp³-hybridized carbons (Fsp3) is 0.167. The second kappa shape index (κ2) is 7.73. The van der Waals surface area contributed by atoms with Crippen LogP contribution in [-0.2, 0) is 11.3 Å². The molecule has 1 N–H and O–H groups in total. The van der Waals surface area contributed by atoms with E-state index in [1.807, 2.05) is 0 Å². The third-order valence-corrected chi connectivity index (χ3v) is 3.59. The molecule has 0 aliphatic heterocycles. The molecule has 1 aromatic carbocycles. The Balaban J connectivity index is 1.58. The van der Waals surface area contributed by atoms with Crippen molar-refractivity contribution >= 4 is 5.91 Å². The first-order valence-electron chi connectivity index (χ1n) is 7.87. The Morgan fingerprint density at radius 2 is 2.08 bits per heavy atom. The number of carbonyl (C=O) groups excluding carboxylic acids is 1. The van der Waals surface area contributed by atoms with Crippen LogP contribution in [0.5, 0.6) is 5.75 Å². The summed E-state index contributed by atoms with van der Waals surface area (Å²) in [6.07, 6.45) is 4.17. The predicted octanol–water partition coefficient (Wildman–Crippen LogP) is 2.63. The summed E-state index contributed by atoms with van der Waals surface area (Å²) in [5.74, 6) is -1.67. The van der Waals surface area contributed by atoms with Crippen molar-refractivity contribution in [1.29, 1.82) is 0 Å². The molecule has 0 aliphatic carbocycles. The molecule has 1 amide bonds. The summed E-state index contributed by atoms with van der Waals surface area (Å²) in [5, 5.41) is 6.83. The largest absolute Gasteiger partial charge is 0.481 e. The molecule has 3 aromatic rings. The molecule has 8 heteroatoms. The molecule has 2 aromatic heterocycles. The van der Waals surface area contributed by atoms with Gasteiger partial charge in [0.1, 0.15) is 5.75 Å². The highest BCUT2D eigenvalue weighted by molar-refractivity contribution is 5.80. The van der Waals surface area contributed by atoms with Crippen molar-refractivity contribution in [1.82, 2.24) is 20.1 Å². The third kappa shape index (κ3) is 4.21. The molecule has 26 heavy (non-hydrogen) atoms. The minimum Gasteiger partial charge on any atom is -0.481 e. The minimum absolute atomic E-state index is 0.0800. The lowest BCUT2D eigenvalue weighted by molar-refractivity contribution is -0.127. The summed E-state index contributed by atoms with van der Waals surface area (Å²) in [6, 6.07) is 8.47. The number of hydrogen-bond donors (Lipinski definition) is 1. The second-order valence-electron chi connectivity index (χ2n) is 5.53. The summed E-state index contributed by atoms with van der Waals surface area (Å²) < 4.78 is 33.1. The average Bonchev–Trinajstić information content (AvgIpc) is 3.18. The van der Waals surface area contributed by atoms with Crippen LogP contribution in [0, 0.1) is 11.6 Å². The molecule has 0 bridgehead atoms. The Hall–Kier alpha value is -3.29. The van der Waals surface area contributed by atoms with E-state index in [1.54, 1.807) is 41.5 Å². The first-order chi connectivity index (χ1) is 12.5. The monoisotopic (exact) mass is 358 g/mol. The van der Waals surface area contributed by atoms with Crippen LogP contribution in [0.4, 0.5) is 8.78 Å². The zero-order chi connectivity index (χ0) is 18.5. The van der Waals surface area contributed by atoms with E-state index in [9.17, 15) is 13.6 Å². The van der Waals surface area contributed by atoms with E-state index in [2.05, 4.69) is 15.4 Å². The molecule has 0 fully saturated rings. The number of amides is 1. The number of ether oxygens (including phenoxy) is 1. The van der Waals surface area contributed by atoms with Crippen LogP contribution in [0.15, 0.2) is 55.0 Å². The number of rotatable bonds is 6. The maximum atomic E-state index is 13.2. The van der Waals surface area contributed by atoms with Gasteiger partial charge in [-0.1, -0.05) is 0 Å². The van der Waals surface area contributed by atoms with Crippen LogP contribution in [0.3, 0.4) is 0 Å². The Kier molecular flexibility index (Phi) is 5.21. The van der Waals surface area contributed by atoms with Crippen molar-refractivity contribution in [2.75, 3.05) is 0 Å². The Bertz CT molecular complexity index is 900. The fourth-order valence-electron chi connectivity index (χ4n) is 2.24. The van der Waals surface area contributed by atoms with E-state index in [-0.39, 0.29) is 18.2 Å². The molecule has 1 unspecified atom stereocenters. The van der Waals surface area contributed by atoms with Gasteiger partial charge in [-0.15, -0.1) is 0 Å². The number of nitrogens with zero attached hydrogens (tertiary/aromatic N) is 3. The Labute approximate surface area is 148 Å². The van der Waals surface area contributed by atoms with Crippen molar-refractivity contribution in [2.24, 2.45) is 0 Å². The highest BCUT2D eigenvalue weighted by atomic mass is 19.2. The molecule has 2 heterocycles. The van der Waals surface area contributed by atoms with Gasteiger partial charge >= 0.3 is 0 Å². The summed E-state index contributed by atoms with van der Waals surface area (Å²) in [6.45, 7) is 1.79. The van der Waals surface area contributed by atoms with Crippen molar-refractivity contribution in [2.45, 2.75) is 19.6 Å². The summed E-state index contributed by atoms with van der Waals surface area (Å²) in [5.41, 5.74) is 0.832. The van der Waals surface area contributed by atoms with Crippen LogP contribution in [-0.4, -0.2) is 26.8 Å².